The highest BCUT2D eigenvalue weighted by Crippen LogP contribution is 2.42. The fraction of sp³-hybridized carbons (Fsp3) is 0. The van der Waals surface area contributed by atoms with E-state index >= 15 is 0 Å². The van der Waals surface area contributed by atoms with E-state index in [1.165, 1.54) is 16.2 Å². The Morgan fingerprint density at radius 2 is 0.855 bits per heavy atom. The molecule has 0 aliphatic heterocycles. The number of para-hydroxylation sites is 5. The van der Waals surface area contributed by atoms with Crippen LogP contribution in [-0.4, -0.2) is 23.9 Å². The quantitative estimate of drug-likeness (QED) is 0.168. The third kappa shape index (κ3) is 5.17. The van der Waals surface area contributed by atoms with E-state index in [4.69, 9.17) is 14.6 Å². The Labute approximate surface area is 355 Å². The van der Waals surface area contributed by atoms with Crippen molar-refractivity contribution in [2.24, 2.45) is 0 Å². The van der Waals surface area contributed by atoms with Crippen LogP contribution in [0.15, 0.2) is 217 Å². The minimum atomic E-state index is 0.778. The summed E-state index contributed by atoms with van der Waals surface area (Å²) in [6, 6.07) is 75.2. The zero-order valence-corrected chi connectivity index (χ0v) is 33.4. The number of nitrogens with zero attached hydrogens (tertiary/aromatic N) is 5. The van der Waals surface area contributed by atoms with Gasteiger partial charge < -0.3 is 13.6 Å². The van der Waals surface area contributed by atoms with Crippen LogP contribution < -0.4 is 0 Å². The lowest BCUT2D eigenvalue weighted by atomic mass is 10.0. The highest BCUT2D eigenvalue weighted by atomic mass is 16.3. The Morgan fingerprint density at radius 3 is 1.61 bits per heavy atom. The molecule has 0 spiro atoms. The van der Waals surface area contributed by atoms with Crippen LogP contribution in [0.1, 0.15) is 0 Å². The molecular weight excluding hydrogens is 759 g/mol. The van der Waals surface area contributed by atoms with Gasteiger partial charge in [-0.25, -0.2) is 0 Å². The molecule has 0 bridgehead atoms. The van der Waals surface area contributed by atoms with Gasteiger partial charge in [0.1, 0.15) is 11.2 Å². The highest BCUT2D eigenvalue weighted by molar-refractivity contribution is 6.17. The van der Waals surface area contributed by atoms with E-state index in [0.29, 0.717) is 0 Å². The molecule has 0 saturated carbocycles. The van der Waals surface area contributed by atoms with Crippen LogP contribution in [0.2, 0.25) is 0 Å². The third-order valence-corrected chi connectivity index (χ3v) is 12.4. The van der Waals surface area contributed by atoms with Gasteiger partial charge in [-0.05, 0) is 83.9 Å². The van der Waals surface area contributed by atoms with Crippen LogP contribution in [0.5, 0.6) is 0 Å². The van der Waals surface area contributed by atoms with Crippen LogP contribution in [0.25, 0.3) is 117 Å². The largest absolute Gasteiger partial charge is 0.456 e. The zero-order chi connectivity index (χ0) is 40.7. The van der Waals surface area contributed by atoms with E-state index in [2.05, 4.69) is 190 Å². The maximum atomic E-state index is 6.36. The topological polar surface area (TPSA) is 53.7 Å². The Morgan fingerprint density at radius 1 is 0.306 bits per heavy atom. The van der Waals surface area contributed by atoms with Gasteiger partial charge in [0, 0.05) is 60.5 Å². The molecule has 0 radical (unpaired) electrons. The van der Waals surface area contributed by atoms with Gasteiger partial charge in [-0.15, -0.1) is 10.2 Å². The molecule has 0 fully saturated rings. The molecule has 0 saturated heterocycles. The normalized spacial score (nSPS) is 11.9. The maximum Gasteiger partial charge on any atom is 0.171 e. The molecule has 290 valence electrons. The van der Waals surface area contributed by atoms with Crippen molar-refractivity contribution in [3.63, 3.8) is 0 Å². The van der Waals surface area contributed by atoms with Gasteiger partial charge in [0.2, 0.25) is 0 Å². The van der Waals surface area contributed by atoms with E-state index in [-0.39, 0.29) is 0 Å². The Bertz CT molecular complexity index is 3870. The van der Waals surface area contributed by atoms with E-state index in [9.17, 15) is 0 Å². The minimum Gasteiger partial charge on any atom is -0.456 e. The summed E-state index contributed by atoms with van der Waals surface area (Å²) in [7, 11) is 0. The van der Waals surface area contributed by atoms with Gasteiger partial charge in [0.05, 0.1) is 22.1 Å². The maximum absolute atomic E-state index is 6.36. The summed E-state index contributed by atoms with van der Waals surface area (Å²) in [5.74, 6) is 1.57. The summed E-state index contributed by atoms with van der Waals surface area (Å²) in [5.41, 5.74) is 13.7. The molecule has 0 unspecified atom stereocenters. The van der Waals surface area contributed by atoms with Crippen molar-refractivity contribution in [3.05, 3.63) is 212 Å². The molecule has 13 aromatic rings. The lowest BCUT2D eigenvalue weighted by molar-refractivity contribution is 0.669. The Hall–Kier alpha value is -8.48. The highest BCUT2D eigenvalue weighted by Gasteiger charge is 2.23. The number of benzene rings is 9. The van der Waals surface area contributed by atoms with Crippen molar-refractivity contribution in [2.45, 2.75) is 0 Å². The Balaban J connectivity index is 1.00. The first-order valence-corrected chi connectivity index (χ1v) is 20.9. The van der Waals surface area contributed by atoms with Crippen molar-refractivity contribution in [1.82, 2.24) is 23.9 Å². The van der Waals surface area contributed by atoms with Crippen LogP contribution in [0.3, 0.4) is 0 Å². The van der Waals surface area contributed by atoms with E-state index < -0.39 is 0 Å². The lowest BCUT2D eigenvalue weighted by Gasteiger charge is -2.15. The predicted octanol–water partition coefficient (Wildman–Crippen LogP) is 14.4. The molecule has 6 heteroatoms. The monoisotopic (exact) mass is 793 g/mol. The first kappa shape index (κ1) is 34.4. The molecule has 4 heterocycles. The summed E-state index contributed by atoms with van der Waals surface area (Å²) in [4.78, 5) is 0. The van der Waals surface area contributed by atoms with Gasteiger partial charge in [-0.1, -0.05) is 140 Å². The summed E-state index contributed by atoms with van der Waals surface area (Å²) in [6.07, 6.45) is 0. The molecule has 13 rings (SSSR count). The SMILES string of the molecule is c1ccc(-c2nnc(-c3cccc4c5ccccc5n(-c5cccc(-c6cccc(-n7c8ccccc8c8cc9oc%10ccccc%10c9cc87)c6)c5)c34)n2-c2ccccc2)cc1. The summed E-state index contributed by atoms with van der Waals surface area (Å²) < 4.78 is 13.3. The second-order valence-corrected chi connectivity index (χ2v) is 15.9. The molecule has 62 heavy (non-hydrogen) atoms. The fourth-order valence-corrected chi connectivity index (χ4v) is 9.64. The average Bonchev–Trinajstić information content (AvgIpc) is 4.11. The summed E-state index contributed by atoms with van der Waals surface area (Å²) in [5, 5.41) is 16.7. The second kappa shape index (κ2) is 13.5. The molecule has 0 atom stereocenters. The molecule has 0 aliphatic rings. The van der Waals surface area contributed by atoms with Gasteiger partial charge in [0.15, 0.2) is 11.6 Å². The van der Waals surface area contributed by atoms with Gasteiger partial charge >= 0.3 is 0 Å². The van der Waals surface area contributed by atoms with E-state index in [1.54, 1.807) is 0 Å². The van der Waals surface area contributed by atoms with Gasteiger partial charge in [-0.3, -0.25) is 4.57 Å². The molecule has 9 aromatic carbocycles. The number of hydrogen-bond donors (Lipinski definition) is 0. The van der Waals surface area contributed by atoms with Crippen molar-refractivity contribution in [2.75, 3.05) is 0 Å². The van der Waals surface area contributed by atoms with Gasteiger partial charge in [-0.2, -0.15) is 0 Å². The van der Waals surface area contributed by atoms with Crippen molar-refractivity contribution >= 4 is 65.6 Å². The molecule has 6 nitrogen and oxygen atoms in total. The first-order chi connectivity index (χ1) is 30.8. The molecule has 0 aliphatic carbocycles. The summed E-state index contributed by atoms with van der Waals surface area (Å²) >= 11 is 0. The third-order valence-electron chi connectivity index (χ3n) is 12.4. The number of aromatic nitrogens is 5. The smallest absolute Gasteiger partial charge is 0.171 e. The molecular formula is C56H35N5O. The fourth-order valence-electron chi connectivity index (χ4n) is 9.64. The first-order valence-electron chi connectivity index (χ1n) is 20.9. The van der Waals surface area contributed by atoms with Crippen molar-refractivity contribution in [3.8, 4) is 51.0 Å². The van der Waals surface area contributed by atoms with Crippen molar-refractivity contribution < 1.29 is 4.42 Å². The summed E-state index contributed by atoms with van der Waals surface area (Å²) in [6.45, 7) is 0. The average molecular weight is 794 g/mol. The zero-order valence-electron chi connectivity index (χ0n) is 33.4. The van der Waals surface area contributed by atoms with Gasteiger partial charge in [0.25, 0.3) is 0 Å². The number of furan rings is 1. The second-order valence-electron chi connectivity index (χ2n) is 15.9. The van der Waals surface area contributed by atoms with Crippen LogP contribution in [-0.2, 0) is 0 Å². The minimum absolute atomic E-state index is 0.778. The number of fused-ring (bicyclic) bond motifs is 9. The van der Waals surface area contributed by atoms with Crippen LogP contribution in [0, 0.1) is 0 Å². The molecule has 4 aromatic heterocycles. The van der Waals surface area contributed by atoms with Crippen LogP contribution in [0.4, 0.5) is 0 Å². The molecule has 0 amide bonds. The number of hydrogen-bond acceptors (Lipinski definition) is 3. The predicted molar refractivity (Wildman–Crippen MR) is 254 cm³/mol. The van der Waals surface area contributed by atoms with Crippen LogP contribution >= 0.6 is 0 Å². The standard InChI is InChI=1S/C56H35N5O/c1-3-16-36(17-4-1)55-57-58-56(61(55)39-20-5-2-6-21-39)46-28-15-27-45-42-24-7-11-30-50(42)60(54(45)46)41-23-14-19-38(33-41)37-18-13-22-40(32-37)59-49-29-10-8-25-43(49)47-35-53-48(34-51(47)59)44-26-9-12-31-52(44)62-53/h1-35H. The van der Waals surface area contributed by atoms with Crippen molar-refractivity contribution in [1.29, 1.82) is 0 Å². The molecule has 0 N–H and O–H groups in total. The van der Waals surface area contributed by atoms with E-state index in [0.717, 1.165) is 100 Å². The Kier molecular flexibility index (Phi) is 7.50. The lowest BCUT2D eigenvalue weighted by Crippen LogP contribution is -2.02. The number of rotatable bonds is 6. The van der Waals surface area contributed by atoms with E-state index in [1.807, 2.05) is 36.4 Å².